The van der Waals surface area contributed by atoms with Crippen LogP contribution in [0.4, 0.5) is 14.5 Å². The van der Waals surface area contributed by atoms with Crippen LogP contribution in [0.15, 0.2) is 54.6 Å². The Morgan fingerprint density at radius 3 is 2.54 bits per heavy atom. The largest absolute Gasteiger partial charge is 0.493 e. The van der Waals surface area contributed by atoms with E-state index in [1.807, 2.05) is 12.1 Å². The molecule has 3 aromatic rings. The van der Waals surface area contributed by atoms with Crippen molar-refractivity contribution in [3.8, 4) is 11.5 Å². The first-order valence-corrected chi connectivity index (χ1v) is 9.85. The average molecular weight is 516 g/mol. The predicted octanol–water partition coefficient (Wildman–Crippen LogP) is 6.42. The van der Waals surface area contributed by atoms with Crippen LogP contribution >= 0.6 is 34.2 Å². The van der Waals surface area contributed by atoms with Crippen LogP contribution in [-0.4, -0.2) is 7.11 Å². The molecule has 1 N–H and O–H groups in total. The van der Waals surface area contributed by atoms with Crippen molar-refractivity contribution in [2.45, 2.75) is 13.2 Å². The molecule has 0 saturated carbocycles. The number of hydrogen-bond donors (Lipinski definition) is 1. The molecule has 0 aromatic heterocycles. The average Bonchev–Trinajstić information content (AvgIpc) is 2.68. The highest BCUT2D eigenvalue weighted by Gasteiger charge is 2.13. The standard InChI is InChI=1S/C21H17ClF2INO2/c1-27-20-9-13(11-26-15-6-7-18(24)16(22)10-15)8-19(25)21(20)28-12-14-4-2-3-5-17(14)23/h2-10,26H,11-12H2,1H3. The van der Waals surface area contributed by atoms with Crippen molar-refractivity contribution in [1.29, 1.82) is 0 Å². The molecule has 7 heteroatoms. The van der Waals surface area contributed by atoms with Crippen molar-refractivity contribution in [2.75, 3.05) is 12.4 Å². The van der Waals surface area contributed by atoms with E-state index in [1.165, 1.54) is 18.2 Å². The van der Waals surface area contributed by atoms with Gasteiger partial charge in [-0.1, -0.05) is 29.8 Å². The molecule has 0 bridgehead atoms. The maximum absolute atomic E-state index is 13.8. The van der Waals surface area contributed by atoms with Gasteiger partial charge >= 0.3 is 0 Å². The van der Waals surface area contributed by atoms with Gasteiger partial charge < -0.3 is 14.8 Å². The molecule has 0 heterocycles. The van der Waals surface area contributed by atoms with E-state index < -0.39 is 5.82 Å². The van der Waals surface area contributed by atoms with Gasteiger partial charge in [0.05, 0.1) is 15.7 Å². The number of benzene rings is 3. The van der Waals surface area contributed by atoms with Gasteiger partial charge in [-0.15, -0.1) is 0 Å². The van der Waals surface area contributed by atoms with Gasteiger partial charge in [-0.2, -0.15) is 0 Å². The molecule has 28 heavy (non-hydrogen) atoms. The summed E-state index contributed by atoms with van der Waals surface area (Å²) in [5.74, 6) is 0.340. The second kappa shape index (κ2) is 9.43. The Morgan fingerprint density at radius 1 is 1.04 bits per heavy atom. The smallest absolute Gasteiger partial charge is 0.174 e. The molecule has 0 saturated heterocycles. The van der Waals surface area contributed by atoms with Crippen molar-refractivity contribution in [1.82, 2.24) is 0 Å². The molecule has 146 valence electrons. The summed E-state index contributed by atoms with van der Waals surface area (Å²) in [5.41, 5.74) is 2.12. The minimum atomic E-state index is -0.459. The predicted molar refractivity (Wildman–Crippen MR) is 115 cm³/mol. The topological polar surface area (TPSA) is 30.5 Å². The number of methoxy groups -OCH3 is 1. The molecule has 0 aliphatic rings. The third-order valence-corrected chi connectivity index (χ3v) is 5.13. The molecular weight excluding hydrogens is 499 g/mol. The highest BCUT2D eigenvalue weighted by atomic mass is 127. The Balaban J connectivity index is 1.73. The molecule has 0 fully saturated rings. The van der Waals surface area contributed by atoms with Crippen LogP contribution in [0.3, 0.4) is 0 Å². The van der Waals surface area contributed by atoms with Gasteiger partial charge in [-0.05, 0) is 64.6 Å². The summed E-state index contributed by atoms with van der Waals surface area (Å²) in [4.78, 5) is 0. The van der Waals surface area contributed by atoms with E-state index in [-0.39, 0.29) is 17.4 Å². The number of anilines is 1. The highest BCUT2D eigenvalue weighted by molar-refractivity contribution is 14.1. The van der Waals surface area contributed by atoms with E-state index in [0.717, 1.165) is 9.13 Å². The van der Waals surface area contributed by atoms with Gasteiger partial charge in [0.25, 0.3) is 0 Å². The zero-order chi connectivity index (χ0) is 20.1. The lowest BCUT2D eigenvalue weighted by atomic mass is 10.2. The summed E-state index contributed by atoms with van der Waals surface area (Å²) in [6.07, 6.45) is 0. The molecule has 0 radical (unpaired) electrons. The van der Waals surface area contributed by atoms with Crippen LogP contribution < -0.4 is 14.8 Å². The molecule has 3 nitrogen and oxygen atoms in total. The van der Waals surface area contributed by atoms with Crippen LogP contribution in [0.1, 0.15) is 11.1 Å². The minimum absolute atomic E-state index is 0.0639. The van der Waals surface area contributed by atoms with Gasteiger partial charge in [-0.3, -0.25) is 0 Å². The third-order valence-electron chi connectivity index (χ3n) is 4.04. The molecule has 3 aromatic carbocycles. The van der Waals surface area contributed by atoms with E-state index in [2.05, 4.69) is 27.9 Å². The number of halogens is 4. The van der Waals surface area contributed by atoms with Gasteiger partial charge in [0.15, 0.2) is 11.5 Å². The lowest BCUT2D eigenvalue weighted by Gasteiger charge is -2.15. The fourth-order valence-electron chi connectivity index (χ4n) is 2.59. The molecule has 0 amide bonds. The first-order valence-electron chi connectivity index (χ1n) is 8.39. The zero-order valence-corrected chi connectivity index (χ0v) is 17.9. The van der Waals surface area contributed by atoms with Crippen LogP contribution in [0.5, 0.6) is 11.5 Å². The number of nitrogens with one attached hydrogen (secondary N) is 1. The summed E-state index contributed by atoms with van der Waals surface area (Å²) in [6.45, 7) is 0.590. The fourth-order valence-corrected chi connectivity index (χ4v) is 3.59. The van der Waals surface area contributed by atoms with Crippen molar-refractivity contribution in [2.24, 2.45) is 0 Å². The van der Waals surface area contributed by atoms with Gasteiger partial charge in [0.1, 0.15) is 18.2 Å². The molecule has 0 aliphatic heterocycles. The maximum atomic E-state index is 13.8. The Hall–Kier alpha value is -2.06. The molecule has 0 unspecified atom stereocenters. The van der Waals surface area contributed by atoms with Crippen molar-refractivity contribution < 1.29 is 18.3 Å². The Morgan fingerprint density at radius 2 is 1.82 bits per heavy atom. The van der Waals surface area contributed by atoms with E-state index in [9.17, 15) is 8.78 Å². The Kier molecular flexibility index (Phi) is 6.96. The minimum Gasteiger partial charge on any atom is -0.493 e. The maximum Gasteiger partial charge on any atom is 0.174 e. The highest BCUT2D eigenvalue weighted by Crippen LogP contribution is 2.35. The third kappa shape index (κ3) is 5.05. The number of rotatable bonds is 7. The van der Waals surface area contributed by atoms with Crippen LogP contribution in [0, 0.1) is 15.2 Å². The summed E-state index contributed by atoms with van der Waals surface area (Å²) >= 11 is 7.96. The van der Waals surface area contributed by atoms with Gasteiger partial charge in [-0.25, -0.2) is 8.78 Å². The van der Waals surface area contributed by atoms with Crippen LogP contribution in [-0.2, 0) is 13.2 Å². The van der Waals surface area contributed by atoms with Crippen LogP contribution in [0.2, 0.25) is 5.02 Å². The second-order valence-corrected chi connectivity index (χ2v) is 7.54. The SMILES string of the molecule is COc1cc(CNc2ccc(F)c(Cl)c2)cc(I)c1OCc1ccccc1F. The lowest BCUT2D eigenvalue weighted by Crippen LogP contribution is -2.04. The first-order chi connectivity index (χ1) is 13.5. The van der Waals surface area contributed by atoms with E-state index >= 15 is 0 Å². The normalized spacial score (nSPS) is 10.6. The van der Waals surface area contributed by atoms with Gasteiger partial charge in [0.2, 0.25) is 0 Å². The number of ether oxygens (including phenoxy) is 2. The molecule has 0 atom stereocenters. The lowest BCUT2D eigenvalue weighted by molar-refractivity contribution is 0.277. The Labute approximate surface area is 180 Å². The molecular formula is C21H17ClF2INO2. The molecule has 3 rings (SSSR count). The zero-order valence-electron chi connectivity index (χ0n) is 14.9. The van der Waals surface area contributed by atoms with Crippen molar-refractivity contribution >= 4 is 39.9 Å². The number of hydrogen-bond acceptors (Lipinski definition) is 3. The first kappa shape index (κ1) is 20.7. The quantitative estimate of drug-likeness (QED) is 0.368. The summed E-state index contributed by atoms with van der Waals surface area (Å²) in [7, 11) is 1.55. The summed E-state index contributed by atoms with van der Waals surface area (Å²) < 4.78 is 39.2. The fraction of sp³-hybridized carbons (Fsp3) is 0.143. The van der Waals surface area contributed by atoms with Crippen molar-refractivity contribution in [3.05, 3.63) is 86.0 Å². The molecule has 0 spiro atoms. The molecule has 0 aliphatic carbocycles. The monoisotopic (exact) mass is 515 g/mol. The summed E-state index contributed by atoms with van der Waals surface area (Å²) in [6, 6.07) is 14.7. The second-order valence-electron chi connectivity index (χ2n) is 5.97. The van der Waals surface area contributed by atoms with E-state index in [4.69, 9.17) is 21.1 Å². The Bertz CT molecular complexity index is 985. The summed E-state index contributed by atoms with van der Waals surface area (Å²) in [5, 5.41) is 3.26. The van der Waals surface area contributed by atoms with Gasteiger partial charge in [0, 0.05) is 17.8 Å². The van der Waals surface area contributed by atoms with E-state index in [1.54, 1.807) is 31.4 Å². The van der Waals surface area contributed by atoms with Crippen LogP contribution in [0.25, 0.3) is 0 Å². The van der Waals surface area contributed by atoms with Crippen molar-refractivity contribution in [3.63, 3.8) is 0 Å². The van der Waals surface area contributed by atoms with E-state index in [0.29, 0.717) is 29.3 Å².